The van der Waals surface area contributed by atoms with E-state index in [1.807, 2.05) is 80.1 Å². The first-order chi connectivity index (χ1) is 18.2. The Morgan fingerprint density at radius 3 is 2.50 bits per heavy atom. The highest BCUT2D eigenvalue weighted by Gasteiger charge is 2.64. The van der Waals surface area contributed by atoms with E-state index >= 15 is 0 Å². The van der Waals surface area contributed by atoms with Gasteiger partial charge in [0, 0.05) is 44.1 Å². The number of benzene rings is 2. The molecule has 1 saturated heterocycles. The van der Waals surface area contributed by atoms with Crippen LogP contribution in [0.2, 0.25) is 0 Å². The lowest BCUT2D eigenvalue weighted by molar-refractivity contribution is -0.0453. The summed E-state index contributed by atoms with van der Waals surface area (Å²) in [6.45, 7) is 2.96. The Morgan fingerprint density at radius 1 is 1.08 bits per heavy atom. The van der Waals surface area contributed by atoms with Crippen molar-refractivity contribution in [1.29, 1.82) is 0 Å². The van der Waals surface area contributed by atoms with Crippen molar-refractivity contribution >= 4 is 5.69 Å². The van der Waals surface area contributed by atoms with E-state index < -0.39 is 6.10 Å². The van der Waals surface area contributed by atoms with E-state index in [1.54, 1.807) is 10.7 Å². The monoisotopic (exact) mass is 516 g/mol. The van der Waals surface area contributed by atoms with Gasteiger partial charge in [0.25, 0.3) is 5.56 Å². The second kappa shape index (κ2) is 8.78. The number of aromatic nitrogens is 2. The molecule has 8 nitrogen and oxygen atoms in total. The molecule has 3 aromatic rings. The van der Waals surface area contributed by atoms with Gasteiger partial charge in [-0.05, 0) is 57.1 Å². The number of ether oxygens (including phenoxy) is 1. The lowest BCUT2D eigenvalue weighted by Gasteiger charge is -2.56. The number of phenolic OH excluding ortho intramolecular Hbond substituents is 1. The summed E-state index contributed by atoms with van der Waals surface area (Å²) in [5, 5.41) is 20.6. The van der Waals surface area contributed by atoms with E-state index in [2.05, 4.69) is 18.0 Å². The molecule has 1 fully saturated rings. The summed E-state index contributed by atoms with van der Waals surface area (Å²) in [6.07, 6.45) is 5.18. The highest BCUT2D eigenvalue weighted by atomic mass is 16.5. The van der Waals surface area contributed by atoms with Crippen LogP contribution in [0.4, 0.5) is 5.69 Å². The van der Waals surface area contributed by atoms with Crippen molar-refractivity contribution in [1.82, 2.24) is 14.3 Å². The van der Waals surface area contributed by atoms with Crippen LogP contribution in [0.5, 0.6) is 11.5 Å². The molecule has 2 aromatic carbocycles. The molecule has 200 valence electrons. The highest BCUT2D eigenvalue weighted by Crippen LogP contribution is 2.62. The molecule has 0 unspecified atom stereocenters. The van der Waals surface area contributed by atoms with Gasteiger partial charge in [0.2, 0.25) is 0 Å². The SMILES string of the molecule is CN1CC[C@]23c4c5ccc(O)c4O[C@H]2[C@@H](O)C=C[C@H]3[C@H]1C5.Cc1c(N(C)C)c(=O)n(-c2ccccc2)n1C. The molecule has 2 bridgehead atoms. The quantitative estimate of drug-likeness (QED) is 0.510. The van der Waals surface area contributed by atoms with Crippen molar-refractivity contribution in [2.45, 2.75) is 43.4 Å². The number of para-hydroxylation sites is 1. The normalized spacial score (nSPS) is 28.3. The van der Waals surface area contributed by atoms with Crippen molar-refractivity contribution in [2.75, 3.05) is 32.6 Å². The minimum Gasteiger partial charge on any atom is -0.504 e. The van der Waals surface area contributed by atoms with E-state index in [4.69, 9.17) is 4.74 Å². The van der Waals surface area contributed by atoms with Gasteiger partial charge in [0.15, 0.2) is 11.5 Å². The van der Waals surface area contributed by atoms with Crippen LogP contribution in [0, 0.1) is 12.8 Å². The van der Waals surface area contributed by atoms with Gasteiger partial charge in [0.05, 0.1) is 11.4 Å². The number of likely N-dealkylation sites (N-methyl/N-ethyl adjacent to an activating group) is 1. The number of likely N-dealkylation sites (tertiary alicyclic amines) is 1. The molecule has 8 heteroatoms. The minimum absolute atomic E-state index is 0.0150. The maximum atomic E-state index is 12.4. The molecule has 4 aliphatic rings. The zero-order valence-corrected chi connectivity index (χ0v) is 22.6. The summed E-state index contributed by atoms with van der Waals surface area (Å²) in [6, 6.07) is 13.9. The lowest BCUT2D eigenvalue weighted by atomic mass is 9.53. The minimum atomic E-state index is -0.594. The van der Waals surface area contributed by atoms with Gasteiger partial charge in [-0.3, -0.25) is 9.48 Å². The van der Waals surface area contributed by atoms with Crippen LogP contribution in [-0.4, -0.2) is 70.4 Å². The molecule has 0 radical (unpaired) electrons. The first kappa shape index (κ1) is 24.8. The van der Waals surface area contributed by atoms with E-state index in [1.165, 1.54) is 11.1 Å². The van der Waals surface area contributed by atoms with Crippen molar-refractivity contribution in [3.8, 4) is 17.2 Å². The van der Waals surface area contributed by atoms with Crippen LogP contribution in [0.15, 0.2) is 59.4 Å². The fraction of sp³-hybridized carbons (Fsp3) is 0.433. The first-order valence-corrected chi connectivity index (χ1v) is 13.3. The Bertz CT molecular complexity index is 1470. The number of hydrogen-bond acceptors (Lipinski definition) is 6. The molecule has 0 saturated carbocycles. The molecular weight excluding hydrogens is 480 g/mol. The Labute approximate surface area is 223 Å². The fourth-order valence-corrected chi connectivity index (χ4v) is 7.31. The molecule has 2 aliphatic heterocycles. The number of anilines is 1. The zero-order chi connectivity index (χ0) is 26.9. The number of aliphatic hydroxyl groups is 1. The topological polar surface area (TPSA) is 83.1 Å². The predicted octanol–water partition coefficient (Wildman–Crippen LogP) is 2.75. The average Bonchev–Trinajstić information content (AvgIpc) is 3.36. The molecule has 2 aliphatic carbocycles. The van der Waals surface area contributed by atoms with Crippen molar-refractivity contribution in [3.05, 3.63) is 81.8 Å². The standard InChI is InChI=1S/C17H19NO3.C13H17N3O/c1-18-7-6-17-10-3-5-13(20)16(17)21-15-12(19)4-2-9(14(15)17)8-11(10)18;1-10-12(14(2)3)13(17)16(15(10)4)11-8-6-5-7-9-11/h2-5,10-11,13,16,19-20H,6-8H2,1H3;5-9H,1-4H3/t10-,11+,13-,16-,17-;/m0./s1. The van der Waals surface area contributed by atoms with Gasteiger partial charge in [-0.2, -0.15) is 0 Å². The van der Waals surface area contributed by atoms with Gasteiger partial charge < -0.3 is 24.7 Å². The highest BCUT2D eigenvalue weighted by molar-refractivity contribution is 5.61. The number of aromatic hydroxyl groups is 1. The van der Waals surface area contributed by atoms with Crippen LogP contribution >= 0.6 is 0 Å². The molecule has 1 aromatic heterocycles. The summed E-state index contributed by atoms with van der Waals surface area (Å²) in [5.41, 5.74) is 4.89. The van der Waals surface area contributed by atoms with Crippen molar-refractivity contribution in [3.63, 3.8) is 0 Å². The summed E-state index contributed by atoms with van der Waals surface area (Å²) in [4.78, 5) is 16.6. The second-order valence-electron chi connectivity index (χ2n) is 11.2. The molecule has 5 atom stereocenters. The third kappa shape index (κ3) is 3.33. The molecule has 38 heavy (non-hydrogen) atoms. The zero-order valence-electron chi connectivity index (χ0n) is 22.6. The van der Waals surface area contributed by atoms with Gasteiger partial charge >= 0.3 is 0 Å². The molecule has 0 amide bonds. The number of rotatable bonds is 2. The Hall–Kier alpha value is -3.49. The average molecular weight is 517 g/mol. The maximum absolute atomic E-state index is 12.4. The van der Waals surface area contributed by atoms with E-state index in [9.17, 15) is 15.0 Å². The van der Waals surface area contributed by atoms with Gasteiger partial charge in [0.1, 0.15) is 17.9 Å². The number of aliphatic hydroxyl groups excluding tert-OH is 1. The molecule has 2 N–H and O–H groups in total. The predicted molar refractivity (Wildman–Crippen MR) is 148 cm³/mol. The summed E-state index contributed by atoms with van der Waals surface area (Å²) >= 11 is 0. The first-order valence-electron chi connectivity index (χ1n) is 13.3. The van der Waals surface area contributed by atoms with Crippen LogP contribution in [-0.2, 0) is 18.9 Å². The van der Waals surface area contributed by atoms with E-state index in [0.29, 0.717) is 17.7 Å². The second-order valence-corrected chi connectivity index (χ2v) is 11.2. The van der Waals surface area contributed by atoms with E-state index in [0.717, 1.165) is 36.5 Å². The van der Waals surface area contributed by atoms with Gasteiger partial charge in [-0.25, -0.2) is 4.68 Å². The lowest BCUT2D eigenvalue weighted by Crippen LogP contribution is -2.64. The van der Waals surface area contributed by atoms with Crippen molar-refractivity contribution in [2.24, 2.45) is 13.0 Å². The largest absolute Gasteiger partial charge is 0.504 e. The van der Waals surface area contributed by atoms with Crippen LogP contribution < -0.4 is 15.2 Å². The summed E-state index contributed by atoms with van der Waals surface area (Å²) in [5.74, 6) is 1.19. The van der Waals surface area contributed by atoms with Crippen LogP contribution in [0.25, 0.3) is 5.69 Å². The maximum Gasteiger partial charge on any atom is 0.295 e. The summed E-state index contributed by atoms with van der Waals surface area (Å²) in [7, 11) is 7.86. The molecule has 1 spiro atoms. The molecule has 7 rings (SSSR count). The summed E-state index contributed by atoms with van der Waals surface area (Å²) < 4.78 is 9.65. The number of hydrogen-bond donors (Lipinski definition) is 2. The van der Waals surface area contributed by atoms with Crippen LogP contribution in [0.3, 0.4) is 0 Å². The smallest absolute Gasteiger partial charge is 0.295 e. The van der Waals surface area contributed by atoms with Gasteiger partial charge in [-0.15, -0.1) is 0 Å². The van der Waals surface area contributed by atoms with E-state index in [-0.39, 0.29) is 22.8 Å². The van der Waals surface area contributed by atoms with Crippen LogP contribution in [0.1, 0.15) is 23.2 Å². The molecular formula is C30H36N4O4. The Kier molecular flexibility index (Phi) is 5.74. The third-order valence-corrected chi connectivity index (χ3v) is 9.12. The Morgan fingerprint density at radius 2 is 1.82 bits per heavy atom. The van der Waals surface area contributed by atoms with Gasteiger partial charge in [-0.1, -0.05) is 36.4 Å². The third-order valence-electron chi connectivity index (χ3n) is 9.12. The molecule has 3 heterocycles. The van der Waals surface area contributed by atoms with Crippen molar-refractivity contribution < 1.29 is 14.9 Å². The number of phenols is 1. The fourth-order valence-electron chi connectivity index (χ4n) is 7.31. The number of piperidine rings is 1. The number of nitrogens with zero attached hydrogens (tertiary/aromatic N) is 4. The Balaban J connectivity index is 0.000000143.